The van der Waals surface area contributed by atoms with E-state index in [0.29, 0.717) is 5.92 Å². The molecule has 1 unspecified atom stereocenters. The second kappa shape index (κ2) is 3.30. The smallest absolute Gasteiger partial charge is 0.122 e. The average molecular weight is 166 g/mol. The van der Waals surface area contributed by atoms with E-state index in [1.165, 1.54) is 0 Å². The lowest BCUT2D eigenvalue weighted by Crippen LogP contribution is -2.35. The predicted molar refractivity (Wildman–Crippen MR) is 53.2 cm³/mol. The first-order valence-corrected chi connectivity index (χ1v) is 4.50. The Bertz CT molecular complexity index is 208. The number of rotatable bonds is 1. The van der Waals surface area contributed by atoms with E-state index in [2.05, 4.69) is 44.1 Å². The van der Waals surface area contributed by atoms with Gasteiger partial charge in [0.05, 0.1) is 0 Å². The number of hydrogen-bond acceptors (Lipinski definition) is 2. The Morgan fingerprint density at radius 1 is 1.50 bits per heavy atom. The van der Waals surface area contributed by atoms with Crippen LogP contribution in [-0.2, 0) is 0 Å². The molecular formula is C10H18N2. The van der Waals surface area contributed by atoms with Crippen molar-refractivity contribution in [3.63, 3.8) is 0 Å². The number of nitrogens with zero attached hydrogens (tertiary/aromatic N) is 1. The number of aliphatic imine (C=N–C) groups is 1. The molecule has 12 heavy (non-hydrogen) atoms. The molecule has 1 atom stereocenters. The lowest BCUT2D eigenvalue weighted by Gasteiger charge is -2.24. The van der Waals surface area contributed by atoms with E-state index in [4.69, 9.17) is 0 Å². The summed E-state index contributed by atoms with van der Waals surface area (Å²) < 4.78 is 0. The monoisotopic (exact) mass is 166 g/mol. The van der Waals surface area contributed by atoms with Crippen LogP contribution in [0.15, 0.2) is 16.9 Å². The third kappa shape index (κ3) is 3.07. The quantitative estimate of drug-likeness (QED) is 0.635. The van der Waals surface area contributed by atoms with Crippen LogP contribution in [0.25, 0.3) is 0 Å². The summed E-state index contributed by atoms with van der Waals surface area (Å²) in [4.78, 5) is 4.29. The Labute approximate surface area is 74.8 Å². The lowest BCUT2D eigenvalue weighted by atomic mass is 10.1. The minimum absolute atomic E-state index is 0.111. The topological polar surface area (TPSA) is 24.4 Å². The van der Waals surface area contributed by atoms with Gasteiger partial charge in [-0.05, 0) is 39.2 Å². The van der Waals surface area contributed by atoms with Gasteiger partial charge in [0.2, 0.25) is 0 Å². The van der Waals surface area contributed by atoms with Crippen LogP contribution in [0.4, 0.5) is 0 Å². The summed E-state index contributed by atoms with van der Waals surface area (Å²) in [7, 11) is 0. The van der Waals surface area contributed by atoms with E-state index in [1.54, 1.807) is 0 Å². The SMILES string of the molecule is CC1C=C(NC(C)(C)C)N=CC1. The molecule has 68 valence electrons. The third-order valence-electron chi connectivity index (χ3n) is 1.65. The van der Waals surface area contributed by atoms with E-state index >= 15 is 0 Å². The first-order chi connectivity index (χ1) is 5.47. The van der Waals surface area contributed by atoms with E-state index in [0.717, 1.165) is 12.2 Å². The van der Waals surface area contributed by atoms with Gasteiger partial charge in [-0.2, -0.15) is 0 Å². The fourth-order valence-corrected chi connectivity index (χ4v) is 1.16. The van der Waals surface area contributed by atoms with Crippen molar-refractivity contribution in [1.82, 2.24) is 5.32 Å². The first-order valence-electron chi connectivity index (χ1n) is 4.50. The van der Waals surface area contributed by atoms with Gasteiger partial charge in [-0.3, -0.25) is 0 Å². The van der Waals surface area contributed by atoms with Gasteiger partial charge in [0, 0.05) is 11.8 Å². The molecule has 0 amide bonds. The summed E-state index contributed by atoms with van der Waals surface area (Å²) in [6.45, 7) is 8.63. The molecule has 0 aromatic carbocycles. The average Bonchev–Trinajstić information content (AvgIpc) is 1.82. The second-order valence-corrected chi connectivity index (χ2v) is 4.45. The van der Waals surface area contributed by atoms with Crippen molar-refractivity contribution in [1.29, 1.82) is 0 Å². The highest BCUT2D eigenvalue weighted by Crippen LogP contribution is 2.13. The van der Waals surface area contributed by atoms with Gasteiger partial charge >= 0.3 is 0 Å². The summed E-state index contributed by atoms with van der Waals surface area (Å²) >= 11 is 0. The molecule has 0 aromatic heterocycles. The maximum atomic E-state index is 4.29. The molecule has 0 fully saturated rings. The molecule has 2 heteroatoms. The van der Waals surface area contributed by atoms with Gasteiger partial charge in [0.15, 0.2) is 0 Å². The van der Waals surface area contributed by atoms with E-state index in [9.17, 15) is 0 Å². The summed E-state index contributed by atoms with van der Waals surface area (Å²) in [5.41, 5.74) is 0.111. The summed E-state index contributed by atoms with van der Waals surface area (Å²) in [6.07, 6.45) is 5.24. The summed E-state index contributed by atoms with van der Waals surface area (Å²) in [5, 5.41) is 3.35. The number of nitrogens with one attached hydrogen (secondary N) is 1. The molecule has 1 aliphatic heterocycles. The highest BCUT2D eigenvalue weighted by atomic mass is 15.1. The molecule has 0 aliphatic carbocycles. The Balaban J connectivity index is 2.58. The van der Waals surface area contributed by atoms with Crippen LogP contribution in [0.2, 0.25) is 0 Å². The number of hydrogen-bond donors (Lipinski definition) is 1. The van der Waals surface area contributed by atoms with Crippen molar-refractivity contribution in [3.8, 4) is 0 Å². The predicted octanol–water partition coefficient (Wildman–Crippen LogP) is 2.33. The molecule has 0 spiro atoms. The second-order valence-electron chi connectivity index (χ2n) is 4.45. The van der Waals surface area contributed by atoms with Crippen molar-refractivity contribution in [2.75, 3.05) is 0 Å². The molecule has 1 heterocycles. The largest absolute Gasteiger partial charge is 0.366 e. The highest BCUT2D eigenvalue weighted by Gasteiger charge is 2.12. The zero-order chi connectivity index (χ0) is 9.19. The standard InChI is InChI=1S/C10H18N2/c1-8-5-6-11-9(7-8)12-10(2,3)4/h6-8,12H,5H2,1-4H3. The van der Waals surface area contributed by atoms with Crippen molar-refractivity contribution in [3.05, 3.63) is 11.9 Å². The van der Waals surface area contributed by atoms with Crippen molar-refractivity contribution in [2.24, 2.45) is 10.9 Å². The molecule has 0 radical (unpaired) electrons. The first kappa shape index (κ1) is 9.30. The molecule has 0 bridgehead atoms. The van der Waals surface area contributed by atoms with Gasteiger partial charge in [-0.25, -0.2) is 4.99 Å². The number of allylic oxidation sites excluding steroid dienone is 1. The van der Waals surface area contributed by atoms with Gasteiger partial charge in [0.25, 0.3) is 0 Å². The normalized spacial score (nSPS) is 23.7. The van der Waals surface area contributed by atoms with Gasteiger partial charge < -0.3 is 5.32 Å². The molecule has 1 rings (SSSR count). The van der Waals surface area contributed by atoms with Crippen LogP contribution in [0.5, 0.6) is 0 Å². The molecule has 0 aromatic rings. The lowest BCUT2D eigenvalue weighted by molar-refractivity contribution is 0.466. The Hall–Kier alpha value is -0.790. The molecule has 2 nitrogen and oxygen atoms in total. The summed E-state index contributed by atoms with van der Waals surface area (Å²) in [5.74, 6) is 1.63. The maximum absolute atomic E-state index is 4.29. The van der Waals surface area contributed by atoms with E-state index in [1.807, 2.05) is 6.21 Å². The van der Waals surface area contributed by atoms with Crippen LogP contribution in [0.1, 0.15) is 34.1 Å². The molecule has 1 N–H and O–H groups in total. The summed E-state index contributed by atoms with van der Waals surface area (Å²) in [6, 6.07) is 0. The van der Waals surface area contributed by atoms with E-state index in [-0.39, 0.29) is 5.54 Å². The fraction of sp³-hybridized carbons (Fsp3) is 0.700. The molecule has 0 saturated heterocycles. The van der Waals surface area contributed by atoms with Gasteiger partial charge in [-0.15, -0.1) is 0 Å². The van der Waals surface area contributed by atoms with E-state index < -0.39 is 0 Å². The van der Waals surface area contributed by atoms with Gasteiger partial charge in [-0.1, -0.05) is 6.92 Å². The maximum Gasteiger partial charge on any atom is 0.122 e. The third-order valence-corrected chi connectivity index (χ3v) is 1.65. The Morgan fingerprint density at radius 3 is 2.67 bits per heavy atom. The fourth-order valence-electron chi connectivity index (χ4n) is 1.16. The van der Waals surface area contributed by atoms with Crippen LogP contribution in [0, 0.1) is 5.92 Å². The van der Waals surface area contributed by atoms with Crippen LogP contribution >= 0.6 is 0 Å². The van der Waals surface area contributed by atoms with Crippen molar-refractivity contribution in [2.45, 2.75) is 39.7 Å². The van der Waals surface area contributed by atoms with Crippen molar-refractivity contribution >= 4 is 6.21 Å². The highest BCUT2D eigenvalue weighted by molar-refractivity contribution is 5.61. The molecule has 0 saturated carbocycles. The van der Waals surface area contributed by atoms with Crippen LogP contribution < -0.4 is 5.32 Å². The minimum atomic E-state index is 0.111. The van der Waals surface area contributed by atoms with Crippen LogP contribution in [0.3, 0.4) is 0 Å². The van der Waals surface area contributed by atoms with Crippen LogP contribution in [-0.4, -0.2) is 11.8 Å². The molecule has 1 aliphatic rings. The zero-order valence-corrected chi connectivity index (χ0v) is 8.39. The van der Waals surface area contributed by atoms with Crippen molar-refractivity contribution < 1.29 is 0 Å². The minimum Gasteiger partial charge on any atom is -0.366 e. The molecular weight excluding hydrogens is 148 g/mol. The Kier molecular flexibility index (Phi) is 2.55. The zero-order valence-electron chi connectivity index (χ0n) is 8.39. The van der Waals surface area contributed by atoms with Gasteiger partial charge in [0.1, 0.15) is 5.82 Å². The Morgan fingerprint density at radius 2 is 2.17 bits per heavy atom.